The molecule has 1 unspecified atom stereocenters. The van der Waals surface area contributed by atoms with Crippen molar-refractivity contribution < 1.29 is 19.5 Å². The van der Waals surface area contributed by atoms with Gasteiger partial charge in [-0.3, -0.25) is 9.59 Å². The van der Waals surface area contributed by atoms with E-state index in [1.54, 1.807) is 0 Å². The molecule has 1 aromatic rings. The molecule has 1 aromatic carbocycles. The highest BCUT2D eigenvalue weighted by Gasteiger charge is 2.19. The first-order chi connectivity index (χ1) is 9.49. The maximum atomic E-state index is 12.0. The monoisotopic (exact) mass is 278 g/mol. The average molecular weight is 278 g/mol. The van der Waals surface area contributed by atoms with Crippen LogP contribution in [-0.2, 0) is 4.79 Å². The summed E-state index contributed by atoms with van der Waals surface area (Å²) in [5, 5.41) is 13.9. The van der Waals surface area contributed by atoms with Gasteiger partial charge in [-0.05, 0) is 30.7 Å². The second-order valence-electron chi connectivity index (χ2n) is 4.31. The molecule has 0 radical (unpaired) electrons. The Balaban J connectivity index is 2.78. The Morgan fingerprint density at radius 3 is 2.15 bits per heavy atom. The fourth-order valence-electron chi connectivity index (χ4n) is 1.74. The summed E-state index contributed by atoms with van der Waals surface area (Å²) in [4.78, 5) is 34.3. The van der Waals surface area contributed by atoms with E-state index in [-0.39, 0.29) is 11.5 Å². The first-order valence-electron chi connectivity index (χ1n) is 6.35. The van der Waals surface area contributed by atoms with E-state index in [1.807, 2.05) is 6.92 Å². The SMILES string of the molecule is CCCC(NC(=O)c1ccc(C(=O)O)cc1)C(=O)NC. The maximum Gasteiger partial charge on any atom is 0.335 e. The summed E-state index contributed by atoms with van der Waals surface area (Å²) in [5.74, 6) is -1.70. The van der Waals surface area contributed by atoms with Crippen LogP contribution in [0.25, 0.3) is 0 Å². The summed E-state index contributed by atoms with van der Waals surface area (Å²) in [6, 6.07) is 4.96. The van der Waals surface area contributed by atoms with E-state index in [9.17, 15) is 14.4 Å². The van der Waals surface area contributed by atoms with Gasteiger partial charge in [0.15, 0.2) is 0 Å². The molecule has 0 saturated carbocycles. The van der Waals surface area contributed by atoms with Crippen LogP contribution in [-0.4, -0.2) is 36.0 Å². The minimum atomic E-state index is -1.05. The molecular weight excluding hydrogens is 260 g/mol. The van der Waals surface area contributed by atoms with Crippen LogP contribution in [0.2, 0.25) is 0 Å². The zero-order valence-electron chi connectivity index (χ0n) is 11.5. The lowest BCUT2D eigenvalue weighted by atomic mass is 10.1. The number of likely N-dealkylation sites (N-methyl/N-ethyl adjacent to an activating group) is 1. The lowest BCUT2D eigenvalue weighted by Crippen LogP contribution is -2.45. The Hall–Kier alpha value is -2.37. The number of benzene rings is 1. The summed E-state index contributed by atoms with van der Waals surface area (Å²) >= 11 is 0. The molecule has 0 aliphatic carbocycles. The molecular formula is C14H18N2O4. The summed E-state index contributed by atoms with van der Waals surface area (Å²) in [6.07, 6.45) is 1.30. The van der Waals surface area contributed by atoms with Crippen molar-refractivity contribution in [2.45, 2.75) is 25.8 Å². The van der Waals surface area contributed by atoms with Gasteiger partial charge in [0.05, 0.1) is 5.56 Å². The predicted molar refractivity (Wildman–Crippen MR) is 73.6 cm³/mol. The third-order valence-electron chi connectivity index (χ3n) is 2.84. The number of carboxylic acid groups (broad SMARTS) is 1. The molecule has 0 spiro atoms. The Morgan fingerprint density at radius 2 is 1.70 bits per heavy atom. The van der Waals surface area contributed by atoms with Gasteiger partial charge in [0.1, 0.15) is 6.04 Å². The van der Waals surface area contributed by atoms with Gasteiger partial charge >= 0.3 is 5.97 Å². The van der Waals surface area contributed by atoms with Crippen LogP contribution < -0.4 is 10.6 Å². The molecule has 0 fully saturated rings. The topological polar surface area (TPSA) is 95.5 Å². The molecule has 3 N–H and O–H groups in total. The smallest absolute Gasteiger partial charge is 0.335 e. The molecule has 0 saturated heterocycles. The van der Waals surface area contributed by atoms with Gasteiger partial charge in [0, 0.05) is 12.6 Å². The molecule has 6 heteroatoms. The Bertz CT molecular complexity index is 496. The number of nitrogens with one attached hydrogen (secondary N) is 2. The molecule has 2 amide bonds. The van der Waals surface area contributed by atoms with Crippen LogP contribution >= 0.6 is 0 Å². The molecule has 1 atom stereocenters. The highest BCUT2D eigenvalue weighted by atomic mass is 16.4. The van der Waals surface area contributed by atoms with Crippen LogP contribution in [0.1, 0.15) is 40.5 Å². The van der Waals surface area contributed by atoms with E-state index in [2.05, 4.69) is 10.6 Å². The lowest BCUT2D eigenvalue weighted by molar-refractivity contribution is -0.122. The van der Waals surface area contributed by atoms with Crippen LogP contribution in [0, 0.1) is 0 Å². The molecule has 0 aliphatic heterocycles. The first-order valence-corrected chi connectivity index (χ1v) is 6.35. The quantitative estimate of drug-likeness (QED) is 0.724. The zero-order valence-corrected chi connectivity index (χ0v) is 11.5. The minimum Gasteiger partial charge on any atom is -0.478 e. The second kappa shape index (κ2) is 7.28. The van der Waals surface area contributed by atoms with Gasteiger partial charge in [-0.25, -0.2) is 4.79 Å². The molecule has 0 aromatic heterocycles. The van der Waals surface area contributed by atoms with Crippen molar-refractivity contribution in [3.05, 3.63) is 35.4 Å². The number of aromatic carboxylic acids is 1. The largest absolute Gasteiger partial charge is 0.478 e. The maximum absolute atomic E-state index is 12.0. The number of amides is 2. The van der Waals surface area contributed by atoms with Crippen molar-refractivity contribution in [3.63, 3.8) is 0 Å². The lowest BCUT2D eigenvalue weighted by Gasteiger charge is -2.16. The number of rotatable bonds is 6. The van der Waals surface area contributed by atoms with Crippen LogP contribution in [0.15, 0.2) is 24.3 Å². The third-order valence-corrected chi connectivity index (χ3v) is 2.84. The van der Waals surface area contributed by atoms with Crippen molar-refractivity contribution >= 4 is 17.8 Å². The molecule has 0 bridgehead atoms. The summed E-state index contributed by atoms with van der Waals surface area (Å²) in [6.45, 7) is 1.92. The van der Waals surface area contributed by atoms with Crippen molar-refractivity contribution in [3.8, 4) is 0 Å². The molecule has 1 rings (SSSR count). The third kappa shape index (κ3) is 4.08. The normalized spacial score (nSPS) is 11.5. The number of carbonyl (C=O) groups excluding carboxylic acids is 2. The van der Waals surface area contributed by atoms with Crippen molar-refractivity contribution in [1.29, 1.82) is 0 Å². The number of carbonyl (C=O) groups is 3. The van der Waals surface area contributed by atoms with E-state index < -0.39 is 17.9 Å². The van der Waals surface area contributed by atoms with Gasteiger partial charge in [-0.2, -0.15) is 0 Å². The van der Waals surface area contributed by atoms with Crippen molar-refractivity contribution in [2.75, 3.05) is 7.05 Å². The highest BCUT2D eigenvalue weighted by Crippen LogP contribution is 2.06. The minimum absolute atomic E-state index is 0.109. The van der Waals surface area contributed by atoms with Crippen LogP contribution in [0.3, 0.4) is 0 Å². The van der Waals surface area contributed by atoms with Crippen molar-refractivity contribution in [1.82, 2.24) is 10.6 Å². The van der Waals surface area contributed by atoms with E-state index in [0.717, 1.165) is 6.42 Å². The zero-order chi connectivity index (χ0) is 15.1. The summed E-state index contributed by atoms with van der Waals surface area (Å²) < 4.78 is 0. The van der Waals surface area contributed by atoms with E-state index in [1.165, 1.54) is 31.3 Å². The standard InChI is InChI=1S/C14H18N2O4/c1-3-4-11(13(18)15-2)16-12(17)9-5-7-10(8-6-9)14(19)20/h5-8,11H,3-4H2,1-2H3,(H,15,18)(H,16,17)(H,19,20). The van der Waals surface area contributed by atoms with Gasteiger partial charge in [0.25, 0.3) is 5.91 Å². The molecule has 0 heterocycles. The summed E-state index contributed by atoms with van der Waals surface area (Å²) in [5.41, 5.74) is 0.429. The second-order valence-corrected chi connectivity index (χ2v) is 4.31. The number of hydrogen-bond donors (Lipinski definition) is 3. The van der Waals surface area contributed by atoms with Gasteiger partial charge in [-0.15, -0.1) is 0 Å². The van der Waals surface area contributed by atoms with E-state index in [0.29, 0.717) is 12.0 Å². The molecule has 20 heavy (non-hydrogen) atoms. The van der Waals surface area contributed by atoms with E-state index in [4.69, 9.17) is 5.11 Å². The predicted octanol–water partition coefficient (Wildman–Crippen LogP) is 1.03. The Morgan fingerprint density at radius 1 is 1.15 bits per heavy atom. The van der Waals surface area contributed by atoms with Crippen LogP contribution in [0.5, 0.6) is 0 Å². The summed E-state index contributed by atoms with van der Waals surface area (Å²) in [7, 11) is 1.51. The molecule has 0 aliphatic rings. The molecule has 6 nitrogen and oxygen atoms in total. The molecule has 108 valence electrons. The van der Waals surface area contributed by atoms with E-state index >= 15 is 0 Å². The fraction of sp³-hybridized carbons (Fsp3) is 0.357. The Kier molecular flexibility index (Phi) is 5.71. The first kappa shape index (κ1) is 15.7. The highest BCUT2D eigenvalue weighted by molar-refractivity contribution is 5.98. The fourth-order valence-corrected chi connectivity index (χ4v) is 1.74. The average Bonchev–Trinajstić information content (AvgIpc) is 2.45. The van der Waals surface area contributed by atoms with Crippen molar-refractivity contribution in [2.24, 2.45) is 0 Å². The number of hydrogen-bond acceptors (Lipinski definition) is 3. The van der Waals surface area contributed by atoms with Gasteiger partial charge < -0.3 is 15.7 Å². The number of carboxylic acids is 1. The van der Waals surface area contributed by atoms with Gasteiger partial charge in [0.2, 0.25) is 5.91 Å². The van der Waals surface area contributed by atoms with Crippen LogP contribution in [0.4, 0.5) is 0 Å². The van der Waals surface area contributed by atoms with Gasteiger partial charge in [-0.1, -0.05) is 13.3 Å². The Labute approximate surface area is 117 Å².